The van der Waals surface area contributed by atoms with Gasteiger partial charge in [0.1, 0.15) is 17.3 Å². The van der Waals surface area contributed by atoms with Crippen LogP contribution in [0, 0.1) is 0 Å². The number of likely N-dealkylation sites (tertiary alicyclic amines) is 2. The maximum Gasteiger partial charge on any atom is 0.258 e. The first kappa shape index (κ1) is 46.1. The van der Waals surface area contributed by atoms with Crippen molar-refractivity contribution < 1.29 is 34.4 Å². The quantitative estimate of drug-likeness (QED) is 0.155. The number of nitrogens with zero attached hydrogens (tertiary/aromatic N) is 11. The number of fused-ring (bicyclic) bond motifs is 2. The Bertz CT molecular complexity index is 2740. The SMILES string of the molecule is CC(C)c1cc(C(=O)N2Cc3ccc(CN4CCC(n5cc(C(=O)N6CCC(O)(CC(=O)N7CCc8c(nc(-c9cnc(N)nc9)nc8N8CCOCC8)C7)CC6)cn5)CC4)cc3C2)c(O)cc1O. The van der Waals surface area contributed by atoms with Crippen molar-refractivity contribution in [3.8, 4) is 22.9 Å². The van der Waals surface area contributed by atoms with Gasteiger partial charge in [0, 0.05) is 95.7 Å². The van der Waals surface area contributed by atoms with Crippen molar-refractivity contribution in [2.24, 2.45) is 0 Å². The number of morpholine rings is 1. The molecule has 3 fully saturated rings. The summed E-state index contributed by atoms with van der Waals surface area (Å²) in [6.45, 7) is 11.3. The fourth-order valence-electron chi connectivity index (χ4n) is 10.5. The number of rotatable bonds is 10. The lowest BCUT2D eigenvalue weighted by Gasteiger charge is -2.39. The van der Waals surface area contributed by atoms with Crippen molar-refractivity contribution in [3.63, 3.8) is 0 Å². The van der Waals surface area contributed by atoms with Crippen LogP contribution in [0.1, 0.15) is 112 Å². The third-order valence-corrected chi connectivity index (χ3v) is 14.6. The van der Waals surface area contributed by atoms with Crippen molar-refractivity contribution in [1.29, 1.82) is 0 Å². The van der Waals surface area contributed by atoms with E-state index in [9.17, 15) is 29.7 Å². The number of hydrogen-bond donors (Lipinski definition) is 4. The molecule has 5 aliphatic rings. The highest BCUT2D eigenvalue weighted by Crippen LogP contribution is 2.36. The van der Waals surface area contributed by atoms with Crippen molar-refractivity contribution >= 4 is 29.5 Å². The number of benzene rings is 2. The Morgan fingerprint density at radius 2 is 1.57 bits per heavy atom. The molecule has 5 aliphatic heterocycles. The molecule has 0 radical (unpaired) electrons. The summed E-state index contributed by atoms with van der Waals surface area (Å²) < 4.78 is 7.52. The van der Waals surface area contributed by atoms with Gasteiger partial charge >= 0.3 is 0 Å². The summed E-state index contributed by atoms with van der Waals surface area (Å²) in [4.78, 5) is 69.1. The molecule has 0 atom stereocenters. The minimum atomic E-state index is -1.24. The van der Waals surface area contributed by atoms with Crippen molar-refractivity contribution in [1.82, 2.24) is 49.3 Å². The molecule has 19 nitrogen and oxygen atoms in total. The van der Waals surface area contributed by atoms with E-state index in [1.165, 1.54) is 11.6 Å². The number of aliphatic hydroxyl groups is 1. The lowest BCUT2D eigenvalue weighted by molar-refractivity contribution is -0.139. The van der Waals surface area contributed by atoms with Gasteiger partial charge in [-0.3, -0.25) is 24.0 Å². The topological polar surface area (TPSA) is 233 Å². The minimum absolute atomic E-state index is 0.000618. The zero-order valence-corrected chi connectivity index (χ0v) is 39.3. The lowest BCUT2D eigenvalue weighted by atomic mass is 9.87. The maximum absolute atomic E-state index is 13.9. The second kappa shape index (κ2) is 19.0. The first-order valence-corrected chi connectivity index (χ1v) is 24.1. The largest absolute Gasteiger partial charge is 0.508 e. The van der Waals surface area contributed by atoms with Gasteiger partial charge in [-0.2, -0.15) is 5.10 Å². The molecule has 10 rings (SSSR count). The molecule has 19 heteroatoms. The normalized spacial score (nSPS) is 18.7. The second-order valence-corrected chi connectivity index (χ2v) is 19.5. The number of anilines is 2. The van der Waals surface area contributed by atoms with Gasteiger partial charge < -0.3 is 45.4 Å². The number of aromatic nitrogens is 6. The molecule has 3 amide bonds. The van der Waals surface area contributed by atoms with Gasteiger partial charge in [0.2, 0.25) is 11.9 Å². The van der Waals surface area contributed by atoms with Crippen LogP contribution in [0.5, 0.6) is 11.5 Å². The van der Waals surface area contributed by atoms with Crippen molar-refractivity contribution in [3.05, 3.63) is 99.8 Å². The van der Waals surface area contributed by atoms with Gasteiger partial charge in [0.25, 0.3) is 11.8 Å². The molecule has 5 N–H and O–H groups in total. The molecule has 362 valence electrons. The number of phenolic OH excluding ortho intramolecular Hbond substituents is 2. The molecule has 0 aliphatic carbocycles. The van der Waals surface area contributed by atoms with Gasteiger partial charge in [-0.25, -0.2) is 19.9 Å². The van der Waals surface area contributed by atoms with Crippen LogP contribution < -0.4 is 10.6 Å². The smallest absolute Gasteiger partial charge is 0.258 e. The standard InChI is InChI=1S/C50H60N12O7/c1-31(2)39-20-40(43(64)21-42(39)63)48(67)61-27-33-4-3-32(19-34(33)28-61)26-57-10-5-37(6-11-57)62-29-36(25-54-62)47(66)59-13-8-50(68,9-14-59)22-44(65)60-12-7-38-41(30-60)55-45(35-23-52-49(51)53-24-35)56-46(38)58-15-17-69-18-16-58/h3-4,19-21,23-25,29,31,37,63-64,68H,5-18,22,26-28,30H2,1-2H3,(H2,51,52,53). The third kappa shape index (κ3) is 9.67. The van der Waals surface area contributed by atoms with Crippen molar-refractivity contribution in [2.45, 2.75) is 96.1 Å². The van der Waals surface area contributed by atoms with E-state index in [4.69, 9.17) is 20.4 Å². The molecule has 3 aromatic heterocycles. The number of phenols is 2. The molecule has 8 heterocycles. The molecule has 69 heavy (non-hydrogen) atoms. The highest BCUT2D eigenvalue weighted by atomic mass is 16.5. The molecule has 0 bridgehead atoms. The Morgan fingerprint density at radius 1 is 0.826 bits per heavy atom. The number of nitrogen functional groups attached to an aromatic ring is 1. The third-order valence-electron chi connectivity index (χ3n) is 14.6. The number of carbonyl (C=O) groups is 3. The summed E-state index contributed by atoms with van der Waals surface area (Å²) >= 11 is 0. The maximum atomic E-state index is 13.9. The lowest BCUT2D eigenvalue weighted by Crippen LogP contribution is -2.49. The summed E-state index contributed by atoms with van der Waals surface area (Å²) in [5, 5.41) is 37.1. The van der Waals surface area contributed by atoms with Crippen LogP contribution in [0.25, 0.3) is 11.4 Å². The number of ether oxygens (including phenoxy) is 1. The second-order valence-electron chi connectivity index (χ2n) is 19.5. The molecule has 0 unspecified atom stereocenters. The summed E-state index contributed by atoms with van der Waals surface area (Å²) in [7, 11) is 0. The van der Waals surface area contributed by atoms with E-state index in [-0.39, 0.29) is 78.5 Å². The van der Waals surface area contributed by atoms with E-state index in [1.807, 2.05) is 24.7 Å². The number of piperidine rings is 2. The Labute approximate surface area is 400 Å². The fraction of sp³-hybridized carbons (Fsp3) is 0.480. The molecule has 3 saturated heterocycles. The Balaban J connectivity index is 0.698. The number of nitrogens with two attached hydrogens (primary N) is 1. The Hall–Kier alpha value is -6.70. The average molecular weight is 941 g/mol. The molecular weight excluding hydrogens is 881 g/mol. The zero-order valence-electron chi connectivity index (χ0n) is 39.3. The summed E-state index contributed by atoms with van der Waals surface area (Å²) in [6, 6.07) is 9.41. The van der Waals surface area contributed by atoms with Crippen LogP contribution >= 0.6 is 0 Å². The van der Waals surface area contributed by atoms with Gasteiger partial charge in [-0.1, -0.05) is 32.0 Å². The van der Waals surface area contributed by atoms with E-state index in [0.717, 1.165) is 60.7 Å². The Morgan fingerprint density at radius 3 is 2.30 bits per heavy atom. The molecule has 0 saturated carbocycles. The number of aromatic hydroxyl groups is 2. The predicted molar refractivity (Wildman–Crippen MR) is 254 cm³/mol. The minimum Gasteiger partial charge on any atom is -0.508 e. The van der Waals surface area contributed by atoms with E-state index in [2.05, 4.69) is 43.1 Å². The molecule has 0 spiro atoms. The van der Waals surface area contributed by atoms with E-state index in [0.29, 0.717) is 88.0 Å². The fourth-order valence-corrected chi connectivity index (χ4v) is 10.5. The van der Waals surface area contributed by atoms with Crippen LogP contribution in [-0.2, 0) is 42.1 Å². The summed E-state index contributed by atoms with van der Waals surface area (Å²) in [5.74, 6) is 0.671. The number of amides is 3. The van der Waals surface area contributed by atoms with Gasteiger partial charge in [-0.15, -0.1) is 0 Å². The Kier molecular flexibility index (Phi) is 12.7. The highest BCUT2D eigenvalue weighted by Gasteiger charge is 2.39. The average Bonchev–Trinajstić information content (AvgIpc) is 4.02. The van der Waals surface area contributed by atoms with Gasteiger partial charge in [0.05, 0.1) is 66.4 Å². The first-order chi connectivity index (χ1) is 33.3. The van der Waals surface area contributed by atoms with Gasteiger partial charge in [0.15, 0.2) is 5.82 Å². The summed E-state index contributed by atoms with van der Waals surface area (Å²) in [5.41, 5.74) is 11.6. The van der Waals surface area contributed by atoms with E-state index >= 15 is 0 Å². The monoisotopic (exact) mass is 940 g/mol. The molecule has 2 aromatic carbocycles. The van der Waals surface area contributed by atoms with Crippen LogP contribution in [0.4, 0.5) is 11.8 Å². The molecule has 5 aromatic rings. The van der Waals surface area contributed by atoms with Crippen LogP contribution in [0.15, 0.2) is 55.1 Å². The molecular formula is C50H60N12O7. The van der Waals surface area contributed by atoms with Gasteiger partial charge in [-0.05, 0) is 66.3 Å². The predicted octanol–water partition coefficient (Wildman–Crippen LogP) is 4.02. The van der Waals surface area contributed by atoms with Crippen LogP contribution in [0.3, 0.4) is 0 Å². The van der Waals surface area contributed by atoms with Crippen LogP contribution in [0.2, 0.25) is 0 Å². The first-order valence-electron chi connectivity index (χ1n) is 24.1. The summed E-state index contributed by atoms with van der Waals surface area (Å²) in [6.07, 6.45) is 9.55. The zero-order chi connectivity index (χ0) is 48.0. The number of carbonyl (C=O) groups excluding carboxylic acids is 3. The number of hydrogen-bond acceptors (Lipinski definition) is 15. The van der Waals surface area contributed by atoms with Crippen LogP contribution in [-0.4, -0.2) is 147 Å². The highest BCUT2D eigenvalue weighted by molar-refractivity contribution is 5.97. The van der Waals surface area contributed by atoms with Crippen molar-refractivity contribution in [2.75, 3.05) is 69.7 Å². The van der Waals surface area contributed by atoms with E-state index in [1.54, 1.807) is 39.4 Å². The van der Waals surface area contributed by atoms with E-state index < -0.39 is 5.60 Å².